The minimum absolute atomic E-state index is 0.0107. The van der Waals surface area contributed by atoms with E-state index in [1.54, 1.807) is 19.1 Å². The van der Waals surface area contributed by atoms with E-state index in [-0.39, 0.29) is 85.5 Å². The molecule has 0 spiro atoms. The first-order valence-electron chi connectivity index (χ1n) is 16.1. The van der Waals surface area contributed by atoms with Gasteiger partial charge < -0.3 is 31.1 Å². The lowest BCUT2D eigenvalue weighted by Crippen LogP contribution is -2.18. The van der Waals surface area contributed by atoms with E-state index in [2.05, 4.69) is 74.9 Å². The first kappa shape index (κ1) is 46.0. The lowest BCUT2D eigenvalue weighted by molar-refractivity contribution is -0.432. The van der Waals surface area contributed by atoms with Gasteiger partial charge in [-0.15, -0.1) is 8.67 Å². The molecule has 25 nitrogen and oxygen atoms in total. The molecule has 0 unspecified atom stereocenters. The summed E-state index contributed by atoms with van der Waals surface area (Å²) in [6.07, 6.45) is 4.29. The van der Waals surface area contributed by atoms with Crippen molar-refractivity contribution in [2.24, 2.45) is 4.99 Å². The summed E-state index contributed by atoms with van der Waals surface area (Å²) in [5.74, 6) is -0.104. The molecule has 0 bridgehead atoms. The lowest BCUT2D eigenvalue weighted by atomic mass is 10.1. The van der Waals surface area contributed by atoms with Gasteiger partial charge in [0.15, 0.2) is 0 Å². The standard InChI is InChI=1S/C29H35N11O14S4/c1-18-33-25(31-9-14-55-53-51-42)38-28(34-18)36-22-7-5-20(24(17-22)58(47,48)49)3-2-19-4-6-21(16-23(19)56-54-52-43)35-29-39-26(30-8-12-50-13-11-41)37-27(40-29)32-10-15-57(44,45)46/h2-7,9,16-17,41-43H,8,10-15H2,1H3,(H,44,45,46)(H,47,48,49)(H,33,34,36,38)(H3,30,32,35,37,39,40)/b3-2?,31-9-. The Balaban J connectivity index is 1.57. The number of aliphatic imine (C=N–C) groups is 1. The number of aliphatic hydroxyl groups excluding tert-OH is 1. The molecule has 58 heavy (non-hydrogen) atoms. The van der Waals surface area contributed by atoms with E-state index in [9.17, 15) is 21.4 Å². The maximum Gasteiger partial charge on any atom is 0.295 e. The van der Waals surface area contributed by atoms with Crippen LogP contribution in [-0.4, -0.2) is 122 Å². The number of aryl methyl sites for hydroxylation is 1. The van der Waals surface area contributed by atoms with Gasteiger partial charge in [-0.25, -0.2) is 15.5 Å². The summed E-state index contributed by atoms with van der Waals surface area (Å²) in [5, 5.41) is 44.7. The molecule has 0 aliphatic rings. The van der Waals surface area contributed by atoms with Gasteiger partial charge in [0.25, 0.3) is 26.2 Å². The molecule has 0 fully saturated rings. The van der Waals surface area contributed by atoms with E-state index in [1.807, 2.05) is 0 Å². The normalized spacial score (nSPS) is 12.0. The van der Waals surface area contributed by atoms with Gasteiger partial charge in [0.1, 0.15) is 10.7 Å². The van der Waals surface area contributed by atoms with Crippen LogP contribution in [0.3, 0.4) is 0 Å². The topological polar surface area (TPSA) is 353 Å². The summed E-state index contributed by atoms with van der Waals surface area (Å²) in [4.78, 5) is 29.0. The first-order chi connectivity index (χ1) is 27.8. The highest BCUT2D eigenvalue weighted by Crippen LogP contribution is 2.31. The summed E-state index contributed by atoms with van der Waals surface area (Å²) >= 11 is 1.33. The molecule has 0 aliphatic carbocycles. The van der Waals surface area contributed by atoms with Gasteiger partial charge >= 0.3 is 0 Å². The monoisotopic (exact) mass is 889 g/mol. The molecule has 0 radical (unpaired) electrons. The van der Waals surface area contributed by atoms with Crippen molar-refractivity contribution in [3.8, 4) is 0 Å². The van der Waals surface area contributed by atoms with Crippen LogP contribution in [0.4, 0.5) is 41.1 Å². The predicted molar refractivity (Wildman–Crippen MR) is 210 cm³/mol. The largest absolute Gasteiger partial charge is 0.394 e. The third-order valence-corrected chi connectivity index (χ3v) is 9.35. The molecule has 9 N–H and O–H groups in total. The molecular formula is C29H35N11O14S4. The fraction of sp³-hybridized carbons (Fsp3) is 0.276. The quantitative estimate of drug-likeness (QED) is 0.00877. The van der Waals surface area contributed by atoms with Crippen molar-refractivity contribution < 1.29 is 65.0 Å². The fourth-order valence-electron chi connectivity index (χ4n) is 4.35. The number of hydrogen-bond acceptors (Lipinski definition) is 25. The van der Waals surface area contributed by atoms with Gasteiger partial charge in [0.2, 0.25) is 23.8 Å². The summed E-state index contributed by atoms with van der Waals surface area (Å²) in [5.41, 5.74) is 1.06. The Kier molecular flexibility index (Phi) is 18.2. The number of nitrogens with one attached hydrogen (secondary N) is 4. The second-order valence-electron chi connectivity index (χ2n) is 10.8. The average Bonchev–Trinajstić information content (AvgIpc) is 3.15. The van der Waals surface area contributed by atoms with Crippen molar-refractivity contribution in [1.29, 1.82) is 0 Å². The van der Waals surface area contributed by atoms with Gasteiger partial charge in [-0.3, -0.25) is 9.11 Å². The average molecular weight is 890 g/mol. The molecule has 2 heterocycles. The number of hydrogen-bond donors (Lipinski definition) is 9. The van der Waals surface area contributed by atoms with Crippen LogP contribution < -0.4 is 21.3 Å². The van der Waals surface area contributed by atoms with Crippen molar-refractivity contribution in [2.75, 3.05) is 65.7 Å². The summed E-state index contributed by atoms with van der Waals surface area (Å²) in [7, 11) is -9.05. The van der Waals surface area contributed by atoms with Gasteiger partial charge in [-0.05, 0) is 42.3 Å². The Bertz CT molecular complexity index is 2260. The zero-order chi connectivity index (χ0) is 42.0. The van der Waals surface area contributed by atoms with E-state index < -0.39 is 30.9 Å². The maximum absolute atomic E-state index is 12.5. The van der Waals surface area contributed by atoms with Crippen molar-refractivity contribution in [1.82, 2.24) is 29.9 Å². The minimum atomic E-state index is -4.78. The van der Waals surface area contributed by atoms with E-state index in [0.717, 1.165) is 18.1 Å². The van der Waals surface area contributed by atoms with E-state index in [0.29, 0.717) is 28.2 Å². The van der Waals surface area contributed by atoms with Crippen LogP contribution in [0.5, 0.6) is 0 Å². The number of aromatic nitrogens is 6. The van der Waals surface area contributed by atoms with Gasteiger partial charge in [0, 0.05) is 47.6 Å². The third-order valence-electron chi connectivity index (χ3n) is 6.62. The smallest absolute Gasteiger partial charge is 0.295 e. The van der Waals surface area contributed by atoms with Crippen LogP contribution >= 0.6 is 24.1 Å². The number of rotatable bonds is 25. The molecule has 0 saturated carbocycles. The highest BCUT2D eigenvalue weighted by Gasteiger charge is 2.17. The summed E-state index contributed by atoms with van der Waals surface area (Å²) in [6.45, 7) is 1.77. The van der Waals surface area contributed by atoms with E-state index in [1.165, 1.54) is 36.6 Å². The van der Waals surface area contributed by atoms with Gasteiger partial charge in [0.05, 0.1) is 43.4 Å². The van der Waals surface area contributed by atoms with Gasteiger partial charge in [-0.1, -0.05) is 34.4 Å². The second-order valence-corrected chi connectivity index (χ2v) is 15.2. The van der Waals surface area contributed by atoms with Crippen molar-refractivity contribution in [3.63, 3.8) is 0 Å². The van der Waals surface area contributed by atoms with Crippen molar-refractivity contribution in [2.45, 2.75) is 16.7 Å². The summed E-state index contributed by atoms with van der Waals surface area (Å²) in [6, 6.07) is 8.81. The highest BCUT2D eigenvalue weighted by atomic mass is 32.2. The van der Waals surface area contributed by atoms with Crippen LogP contribution in [0.15, 0.2) is 51.2 Å². The van der Waals surface area contributed by atoms with E-state index >= 15 is 0 Å². The number of benzene rings is 2. The molecular weight excluding hydrogens is 855 g/mol. The number of nitrogens with zero attached hydrogens (tertiary/aromatic N) is 7. The van der Waals surface area contributed by atoms with Crippen molar-refractivity contribution >= 4 is 104 Å². The maximum atomic E-state index is 12.5. The Labute approximate surface area is 338 Å². The summed E-state index contributed by atoms with van der Waals surface area (Å²) < 4.78 is 80.7. The molecule has 4 rings (SSSR count). The molecule has 2 aromatic carbocycles. The Morgan fingerprint density at radius 1 is 0.776 bits per heavy atom. The van der Waals surface area contributed by atoms with Crippen LogP contribution in [0.2, 0.25) is 0 Å². The molecule has 0 saturated heterocycles. The highest BCUT2D eigenvalue weighted by molar-refractivity contribution is 7.95. The van der Waals surface area contributed by atoms with Crippen LogP contribution in [0.1, 0.15) is 17.0 Å². The third kappa shape index (κ3) is 16.3. The van der Waals surface area contributed by atoms with Gasteiger partial charge in [-0.2, -0.15) is 46.7 Å². The molecule has 29 heteroatoms. The number of anilines is 6. The molecule has 4 aromatic rings. The Hall–Kier alpha value is -4.73. The zero-order valence-electron chi connectivity index (χ0n) is 29.8. The van der Waals surface area contributed by atoms with Crippen LogP contribution in [0, 0.1) is 6.92 Å². The zero-order valence-corrected chi connectivity index (χ0v) is 33.1. The van der Waals surface area contributed by atoms with Crippen molar-refractivity contribution in [3.05, 3.63) is 53.3 Å². The number of ether oxygens (including phenoxy) is 1. The molecule has 0 atom stereocenters. The molecule has 0 amide bonds. The molecule has 0 aliphatic heterocycles. The SMILES string of the molecule is Cc1nc(/N=C\CSOOO)nc(Nc2ccc(C=Cc3ccc(Nc4nc(NCCOCCO)nc(NCCS(=O)(=O)O)n4)cc3SOOO)c(S(=O)(=O)O)c2)n1. The molecule has 2 aromatic heterocycles. The van der Waals surface area contributed by atoms with Crippen LogP contribution in [0.25, 0.3) is 12.2 Å². The number of aliphatic hydroxyl groups is 1. The predicted octanol–water partition coefficient (Wildman–Crippen LogP) is 3.19. The lowest BCUT2D eigenvalue weighted by Gasteiger charge is -2.13. The minimum Gasteiger partial charge on any atom is -0.394 e. The first-order valence-corrected chi connectivity index (χ1v) is 20.8. The fourth-order valence-corrected chi connectivity index (χ4v) is 6.16. The second kappa shape index (κ2) is 23.0. The van der Waals surface area contributed by atoms with Crippen LogP contribution in [-0.2, 0) is 43.7 Å². The Morgan fingerprint density at radius 3 is 2.09 bits per heavy atom. The molecule has 314 valence electrons. The Morgan fingerprint density at radius 2 is 1.41 bits per heavy atom. The van der Waals surface area contributed by atoms with E-state index in [4.69, 9.17) is 24.9 Å².